The van der Waals surface area contributed by atoms with Gasteiger partial charge in [0.15, 0.2) is 0 Å². The van der Waals surface area contributed by atoms with E-state index in [0.29, 0.717) is 0 Å². The Morgan fingerprint density at radius 3 is 1.23 bits per heavy atom. The van der Waals surface area contributed by atoms with Crippen molar-refractivity contribution in [2.45, 2.75) is 17.9 Å². The van der Waals surface area contributed by atoms with E-state index in [2.05, 4.69) is 4.31 Å². The summed E-state index contributed by atoms with van der Waals surface area (Å²) in [5.74, 6) is 0. The Bertz CT molecular complexity index is 531. The summed E-state index contributed by atoms with van der Waals surface area (Å²) in [6.07, 6.45) is -0.856. The molecule has 0 aromatic rings. The predicted octanol–water partition coefficient (Wildman–Crippen LogP) is -5.53. The fourth-order valence-electron chi connectivity index (χ4n) is 0.923. The summed E-state index contributed by atoms with van der Waals surface area (Å²) in [6.45, 7) is -0.0394. The van der Waals surface area contributed by atoms with E-state index < -0.39 is 42.3 Å². The van der Waals surface area contributed by atoms with Gasteiger partial charge in [0.2, 0.25) is 0 Å². The van der Waals surface area contributed by atoms with Crippen LogP contribution in [-0.2, 0) is 22.6 Å². The Morgan fingerprint density at radius 1 is 0.846 bits per heavy atom. The van der Waals surface area contributed by atoms with E-state index in [0.717, 1.165) is 0 Å². The molecule has 0 spiro atoms. The Morgan fingerprint density at radius 2 is 1.12 bits per heavy atom. The second kappa shape index (κ2) is 16.0. The third kappa shape index (κ3) is 19.0. The van der Waals surface area contributed by atoms with Gasteiger partial charge in [-0.3, -0.25) is 9.13 Å². The van der Waals surface area contributed by atoms with E-state index in [1.807, 2.05) is 0 Å². The molecule has 26 heavy (non-hydrogen) atoms. The molecule has 0 unspecified atom stereocenters. The third-order valence-corrected chi connectivity index (χ3v) is 7.33. The molecule has 0 radical (unpaired) electrons. The molecule has 0 aliphatic rings. The second-order valence-corrected chi connectivity index (χ2v) is 10.2. The maximum absolute atomic E-state index is 10.7. The minimum absolute atomic E-state index is 0. The van der Waals surface area contributed by atoms with Gasteiger partial charge in [0.25, 0.3) is 5.08 Å². The Kier molecular flexibility index (Phi) is 24.9. The molecule has 22 heteroatoms. The quantitative estimate of drug-likeness (QED) is 0.128. The van der Waals surface area contributed by atoms with E-state index in [4.69, 9.17) is 25.3 Å². The molecule has 15 nitrogen and oxygen atoms in total. The van der Waals surface area contributed by atoms with Crippen molar-refractivity contribution >= 4 is 144 Å². The first-order valence-electron chi connectivity index (χ1n) is 5.06. The molecule has 0 bridgehead atoms. The van der Waals surface area contributed by atoms with Gasteiger partial charge in [-0.15, -0.1) is 0 Å². The van der Waals surface area contributed by atoms with Crippen LogP contribution >= 0.6 is 30.8 Å². The fourth-order valence-corrected chi connectivity index (χ4v) is 4.16. The fraction of sp³-hybridized carbons (Fsp3) is 1.00. The Labute approximate surface area is 240 Å². The van der Waals surface area contributed by atoms with E-state index >= 15 is 0 Å². The zero-order valence-corrected chi connectivity index (χ0v) is 23.2. The number of rotatable bonds is 7. The molecule has 0 amide bonds. The van der Waals surface area contributed by atoms with Crippen molar-refractivity contribution in [3.63, 3.8) is 0 Å². The molecule has 0 heterocycles. The molecular weight excluding hydrogens is 530 g/mol. The minimum Gasteiger partial charge on any atom is -1.00 e. The van der Waals surface area contributed by atoms with Crippen LogP contribution in [-0.4, -0.2) is 150 Å². The zero-order chi connectivity index (χ0) is 19.3. The minimum atomic E-state index is -5.68. The first kappa shape index (κ1) is 40.6. The van der Waals surface area contributed by atoms with Gasteiger partial charge in [-0.2, -0.15) is 0 Å². The van der Waals surface area contributed by atoms with Crippen molar-refractivity contribution in [2.24, 2.45) is 5.73 Å². The SMILES string of the molecule is NCCCC(O)(P(=O)(O)O)P(=O)(O)O.O=P([O-])([O-])OP(=O)([O-])[O-].[Ca+2].[Ca+2].[Ca+2].[H-].[H-]. The van der Waals surface area contributed by atoms with Crippen molar-refractivity contribution in [2.75, 3.05) is 6.54 Å². The molecular formula is C4H15Ca3NO14P4. The molecule has 0 aromatic carbocycles. The van der Waals surface area contributed by atoms with E-state index in [-0.39, 0.29) is 129 Å². The van der Waals surface area contributed by atoms with Crippen LogP contribution < -0.4 is 25.3 Å². The Balaban J connectivity index is -0.0000000567. The van der Waals surface area contributed by atoms with Crippen LogP contribution in [0.4, 0.5) is 0 Å². The van der Waals surface area contributed by atoms with Gasteiger partial charge in [-0.05, 0) is 13.0 Å². The second-order valence-electron chi connectivity index (χ2n) is 3.73. The van der Waals surface area contributed by atoms with E-state index in [1.165, 1.54) is 0 Å². The van der Waals surface area contributed by atoms with Crippen molar-refractivity contribution in [1.29, 1.82) is 0 Å². The molecule has 0 rings (SSSR count). The zero-order valence-electron chi connectivity index (χ0n) is 15.0. The molecule has 0 saturated carbocycles. The molecule has 0 aliphatic heterocycles. The molecule has 0 fully saturated rings. The summed E-state index contributed by atoms with van der Waals surface area (Å²) in [4.78, 5) is 71.8. The van der Waals surface area contributed by atoms with Crippen molar-refractivity contribution in [1.82, 2.24) is 0 Å². The number of nitrogens with two attached hydrogens (primary N) is 1. The predicted molar refractivity (Wildman–Crippen MR) is 83.1 cm³/mol. The summed E-state index contributed by atoms with van der Waals surface area (Å²) < 4.78 is 42.6. The van der Waals surface area contributed by atoms with Gasteiger partial charge < -0.3 is 66.3 Å². The summed E-state index contributed by atoms with van der Waals surface area (Å²) in [6, 6.07) is 0. The molecule has 0 aliphatic carbocycles. The van der Waals surface area contributed by atoms with E-state index in [1.54, 1.807) is 0 Å². The van der Waals surface area contributed by atoms with Gasteiger partial charge in [0.05, 0.1) is 15.6 Å². The van der Waals surface area contributed by atoms with Crippen molar-refractivity contribution in [3.8, 4) is 0 Å². The maximum Gasteiger partial charge on any atom is 2.00 e. The topological polar surface area (TPSA) is 297 Å². The maximum atomic E-state index is 10.7. The van der Waals surface area contributed by atoms with Gasteiger partial charge in [-0.1, -0.05) is 0 Å². The standard InChI is InChI=1S/C4H13NO7P2.3Ca.H4O7P2.2H/c5-3-1-2-4(6,13(7,8)9)14(10,11)12;;;;1-8(2,3)7-9(4,5)6;;/h6H,1-3,5H2,(H2,7,8,9)(H2,10,11,12);;;;(H2,1,2,3)(H2,4,5,6);;/q;3*+2;;2*-1/p-4. The van der Waals surface area contributed by atoms with Gasteiger partial charge in [-0.25, -0.2) is 0 Å². The van der Waals surface area contributed by atoms with Gasteiger partial charge in [0, 0.05) is 6.42 Å². The van der Waals surface area contributed by atoms with Crippen LogP contribution in [0.25, 0.3) is 0 Å². The van der Waals surface area contributed by atoms with Crippen LogP contribution in [0.5, 0.6) is 0 Å². The third-order valence-electron chi connectivity index (χ3n) is 1.85. The first-order valence-corrected chi connectivity index (χ1v) is 11.2. The molecule has 0 aromatic heterocycles. The number of phosphoric acid groups is 2. The van der Waals surface area contributed by atoms with Gasteiger partial charge in [0.1, 0.15) is 0 Å². The smallest absolute Gasteiger partial charge is 1.00 e. The molecule has 0 atom stereocenters. The first-order chi connectivity index (χ1) is 9.77. The summed E-state index contributed by atoms with van der Waals surface area (Å²) in [5, 5.41) is 5.91. The van der Waals surface area contributed by atoms with Crippen LogP contribution in [0.3, 0.4) is 0 Å². The molecule has 0 saturated heterocycles. The van der Waals surface area contributed by atoms with Crippen molar-refractivity contribution in [3.05, 3.63) is 0 Å². The van der Waals surface area contributed by atoms with Gasteiger partial charge >= 0.3 is 128 Å². The Hall–Kier alpha value is 4.26. The summed E-state index contributed by atoms with van der Waals surface area (Å²) >= 11 is 0. The monoisotopic (exact) mass is 545 g/mol. The van der Waals surface area contributed by atoms with Crippen LogP contribution in [0.15, 0.2) is 0 Å². The van der Waals surface area contributed by atoms with Crippen LogP contribution in [0.1, 0.15) is 15.7 Å². The molecule has 7 N–H and O–H groups in total. The number of hydrogen-bond acceptors (Lipinski definition) is 11. The van der Waals surface area contributed by atoms with Crippen LogP contribution in [0.2, 0.25) is 0 Å². The average Bonchev–Trinajstić information content (AvgIpc) is 2.17. The number of hydrogen-bond donors (Lipinski definition) is 6. The summed E-state index contributed by atoms with van der Waals surface area (Å²) in [5.41, 5.74) is 5.01. The van der Waals surface area contributed by atoms with Crippen LogP contribution in [0, 0.1) is 0 Å². The summed E-state index contributed by atoms with van der Waals surface area (Å²) in [7, 11) is -22.0. The van der Waals surface area contributed by atoms with Crippen molar-refractivity contribution < 1.29 is 69.7 Å². The number of aliphatic hydroxyl groups is 1. The molecule has 146 valence electrons. The largest absolute Gasteiger partial charge is 2.00 e. The normalized spacial score (nSPS) is 12.5. The van der Waals surface area contributed by atoms with E-state index in [9.17, 15) is 42.9 Å². The average molecular weight is 545 g/mol.